The molecule has 1 fully saturated rings. The quantitative estimate of drug-likeness (QED) is 0.705. The summed E-state index contributed by atoms with van der Waals surface area (Å²) in [5.74, 6) is 0. The number of carbonyl (C=O) groups is 1. The van der Waals surface area contributed by atoms with E-state index in [1.165, 1.54) is 18.7 Å². The molecule has 1 aromatic rings. The number of nitrogens with zero attached hydrogens (tertiary/aromatic N) is 2. The molecule has 1 aliphatic heterocycles. The third-order valence-electron chi connectivity index (χ3n) is 3.11. The van der Waals surface area contributed by atoms with Gasteiger partial charge in [-0.05, 0) is 44.3 Å². The van der Waals surface area contributed by atoms with Crippen molar-refractivity contribution in [2.45, 2.75) is 6.42 Å². The molecular weight excluding hydrogens is 200 g/mol. The number of hydrogen-bond donors (Lipinski definition) is 0. The maximum Gasteiger partial charge on any atom is 0.150 e. The summed E-state index contributed by atoms with van der Waals surface area (Å²) in [6.07, 6.45) is 2.09. The molecule has 0 aromatic heterocycles. The van der Waals surface area contributed by atoms with Crippen molar-refractivity contribution >= 4 is 12.0 Å². The lowest BCUT2D eigenvalue weighted by Gasteiger charge is -2.22. The highest BCUT2D eigenvalue weighted by Gasteiger charge is 2.12. The van der Waals surface area contributed by atoms with E-state index >= 15 is 0 Å². The van der Waals surface area contributed by atoms with E-state index < -0.39 is 0 Å². The fraction of sp³-hybridized carbons (Fsp3) is 0.462. The van der Waals surface area contributed by atoms with Crippen LogP contribution in [-0.4, -0.2) is 44.4 Å². The first-order chi connectivity index (χ1) is 7.79. The summed E-state index contributed by atoms with van der Waals surface area (Å²) in [5.41, 5.74) is 1.97. The van der Waals surface area contributed by atoms with Crippen molar-refractivity contribution < 1.29 is 4.79 Å². The third kappa shape index (κ3) is 2.61. The maximum absolute atomic E-state index is 10.6. The SMILES string of the molecule is CN1CCCN(c2ccc(C=O)cc2)CC1. The van der Waals surface area contributed by atoms with Crippen LogP contribution in [0.25, 0.3) is 0 Å². The summed E-state index contributed by atoms with van der Waals surface area (Å²) in [4.78, 5) is 15.3. The molecule has 0 N–H and O–H groups in total. The Bertz CT molecular complexity index is 347. The van der Waals surface area contributed by atoms with E-state index in [0.717, 1.165) is 31.5 Å². The van der Waals surface area contributed by atoms with Crippen LogP contribution in [0.1, 0.15) is 16.8 Å². The summed E-state index contributed by atoms with van der Waals surface area (Å²) in [7, 11) is 2.17. The second kappa shape index (κ2) is 5.12. The van der Waals surface area contributed by atoms with Crippen molar-refractivity contribution in [2.75, 3.05) is 38.1 Å². The second-order valence-electron chi connectivity index (χ2n) is 4.35. The molecule has 0 radical (unpaired) electrons. The zero-order valence-electron chi connectivity index (χ0n) is 9.72. The number of hydrogen-bond acceptors (Lipinski definition) is 3. The Hall–Kier alpha value is -1.35. The van der Waals surface area contributed by atoms with Gasteiger partial charge in [-0.25, -0.2) is 0 Å². The van der Waals surface area contributed by atoms with Crippen molar-refractivity contribution in [3.8, 4) is 0 Å². The van der Waals surface area contributed by atoms with Crippen molar-refractivity contribution in [3.05, 3.63) is 29.8 Å². The van der Waals surface area contributed by atoms with E-state index in [4.69, 9.17) is 0 Å². The van der Waals surface area contributed by atoms with Crippen LogP contribution in [0.15, 0.2) is 24.3 Å². The average Bonchev–Trinajstić information content (AvgIpc) is 2.54. The molecule has 16 heavy (non-hydrogen) atoms. The Morgan fingerprint density at radius 1 is 1.06 bits per heavy atom. The molecule has 1 aromatic carbocycles. The zero-order chi connectivity index (χ0) is 11.4. The smallest absolute Gasteiger partial charge is 0.150 e. The molecule has 0 aliphatic carbocycles. The van der Waals surface area contributed by atoms with E-state index in [9.17, 15) is 4.79 Å². The normalized spacial score (nSPS) is 18.2. The van der Waals surface area contributed by atoms with E-state index in [1.807, 2.05) is 24.3 Å². The molecule has 0 amide bonds. The molecule has 0 atom stereocenters. The van der Waals surface area contributed by atoms with Crippen molar-refractivity contribution in [1.82, 2.24) is 4.90 Å². The fourth-order valence-corrected chi connectivity index (χ4v) is 2.07. The molecule has 0 saturated carbocycles. The van der Waals surface area contributed by atoms with Crippen LogP contribution >= 0.6 is 0 Å². The summed E-state index contributed by atoms with van der Waals surface area (Å²) >= 11 is 0. The predicted octanol–water partition coefficient (Wildman–Crippen LogP) is 1.64. The van der Waals surface area contributed by atoms with Crippen molar-refractivity contribution in [1.29, 1.82) is 0 Å². The van der Waals surface area contributed by atoms with Gasteiger partial charge < -0.3 is 9.80 Å². The Balaban J connectivity index is 2.07. The number of anilines is 1. The zero-order valence-corrected chi connectivity index (χ0v) is 9.72. The van der Waals surface area contributed by atoms with Gasteiger partial charge in [-0.15, -0.1) is 0 Å². The Kier molecular flexibility index (Phi) is 3.57. The Morgan fingerprint density at radius 3 is 2.50 bits per heavy atom. The van der Waals surface area contributed by atoms with Gasteiger partial charge in [-0.2, -0.15) is 0 Å². The van der Waals surface area contributed by atoms with Gasteiger partial charge in [0.2, 0.25) is 0 Å². The number of benzene rings is 1. The van der Waals surface area contributed by atoms with Gasteiger partial charge in [0.05, 0.1) is 0 Å². The predicted molar refractivity (Wildman–Crippen MR) is 66.2 cm³/mol. The highest BCUT2D eigenvalue weighted by Crippen LogP contribution is 2.16. The first-order valence-electron chi connectivity index (χ1n) is 5.78. The Labute approximate surface area is 96.7 Å². The topological polar surface area (TPSA) is 23.6 Å². The molecule has 1 saturated heterocycles. The van der Waals surface area contributed by atoms with Crippen LogP contribution in [0.4, 0.5) is 5.69 Å². The molecular formula is C13H18N2O. The van der Waals surface area contributed by atoms with Gasteiger partial charge in [0.1, 0.15) is 6.29 Å². The lowest BCUT2D eigenvalue weighted by Crippen LogP contribution is -2.28. The first-order valence-corrected chi connectivity index (χ1v) is 5.78. The molecule has 86 valence electrons. The van der Waals surface area contributed by atoms with Gasteiger partial charge in [-0.1, -0.05) is 0 Å². The van der Waals surface area contributed by atoms with E-state index in [0.29, 0.717) is 0 Å². The lowest BCUT2D eigenvalue weighted by molar-refractivity contribution is 0.112. The summed E-state index contributed by atoms with van der Waals surface area (Å²) in [6, 6.07) is 7.85. The van der Waals surface area contributed by atoms with Gasteiger partial charge in [0.25, 0.3) is 0 Å². The van der Waals surface area contributed by atoms with Crippen molar-refractivity contribution in [2.24, 2.45) is 0 Å². The second-order valence-corrected chi connectivity index (χ2v) is 4.35. The van der Waals surface area contributed by atoms with E-state index in [-0.39, 0.29) is 0 Å². The lowest BCUT2D eigenvalue weighted by atomic mass is 10.2. The third-order valence-corrected chi connectivity index (χ3v) is 3.11. The van der Waals surface area contributed by atoms with Gasteiger partial charge >= 0.3 is 0 Å². The fourth-order valence-electron chi connectivity index (χ4n) is 2.07. The maximum atomic E-state index is 10.6. The van der Waals surface area contributed by atoms with Crippen molar-refractivity contribution in [3.63, 3.8) is 0 Å². The highest BCUT2D eigenvalue weighted by atomic mass is 16.1. The van der Waals surface area contributed by atoms with Crippen LogP contribution < -0.4 is 4.90 Å². The van der Waals surface area contributed by atoms with Crippen LogP contribution in [-0.2, 0) is 0 Å². The van der Waals surface area contributed by atoms with Crippen LogP contribution in [0, 0.1) is 0 Å². The van der Waals surface area contributed by atoms with E-state index in [2.05, 4.69) is 16.8 Å². The minimum Gasteiger partial charge on any atom is -0.370 e. The molecule has 0 spiro atoms. The van der Waals surface area contributed by atoms with Crippen LogP contribution in [0.5, 0.6) is 0 Å². The molecule has 2 rings (SSSR count). The minimum atomic E-state index is 0.746. The van der Waals surface area contributed by atoms with Gasteiger partial charge in [-0.3, -0.25) is 4.79 Å². The van der Waals surface area contributed by atoms with Crippen LogP contribution in [0.2, 0.25) is 0 Å². The number of rotatable bonds is 2. The first kappa shape index (κ1) is 11.1. The standard InChI is InChI=1S/C13H18N2O/c1-14-7-2-8-15(10-9-14)13-5-3-12(11-16)4-6-13/h3-6,11H,2,7-10H2,1H3. The monoisotopic (exact) mass is 218 g/mol. The summed E-state index contributed by atoms with van der Waals surface area (Å²) < 4.78 is 0. The van der Waals surface area contributed by atoms with E-state index in [1.54, 1.807) is 0 Å². The average molecular weight is 218 g/mol. The Morgan fingerprint density at radius 2 is 1.81 bits per heavy atom. The molecule has 0 bridgehead atoms. The molecule has 3 heteroatoms. The number of aldehydes is 1. The molecule has 3 nitrogen and oxygen atoms in total. The van der Waals surface area contributed by atoms with Gasteiger partial charge in [0, 0.05) is 30.9 Å². The summed E-state index contributed by atoms with van der Waals surface area (Å²) in [5, 5.41) is 0. The number of likely N-dealkylation sites (N-methyl/N-ethyl adjacent to an activating group) is 1. The highest BCUT2D eigenvalue weighted by molar-refractivity contribution is 5.75. The summed E-state index contributed by atoms with van der Waals surface area (Å²) in [6.45, 7) is 4.44. The number of carbonyl (C=O) groups excluding carboxylic acids is 1. The largest absolute Gasteiger partial charge is 0.370 e. The molecule has 0 unspecified atom stereocenters. The molecule has 1 aliphatic rings. The minimum absolute atomic E-state index is 0.746. The van der Waals surface area contributed by atoms with Gasteiger partial charge in [0.15, 0.2) is 0 Å². The molecule has 1 heterocycles. The van der Waals surface area contributed by atoms with Crippen LogP contribution in [0.3, 0.4) is 0 Å².